The van der Waals surface area contributed by atoms with Crippen molar-refractivity contribution in [1.82, 2.24) is 0 Å². The Morgan fingerprint density at radius 3 is 2.50 bits per heavy atom. The van der Waals surface area contributed by atoms with Crippen LogP contribution in [-0.4, -0.2) is 15.7 Å². The van der Waals surface area contributed by atoms with Gasteiger partial charge in [-0.15, -0.1) is 11.3 Å². The monoisotopic (exact) mass is 342 g/mol. The summed E-state index contributed by atoms with van der Waals surface area (Å²) in [4.78, 5) is 13.3. The molecule has 0 N–H and O–H groups in total. The SMILES string of the molecule is Cc1ccc(S(=O)CC(=O)c2sccc2Br)cc1. The van der Waals surface area contributed by atoms with Crippen molar-refractivity contribution in [3.63, 3.8) is 0 Å². The van der Waals surface area contributed by atoms with Crippen LogP contribution in [0.25, 0.3) is 0 Å². The predicted molar refractivity (Wildman–Crippen MR) is 78.8 cm³/mol. The lowest BCUT2D eigenvalue weighted by Crippen LogP contribution is -2.10. The molecule has 0 fully saturated rings. The van der Waals surface area contributed by atoms with Crippen molar-refractivity contribution in [2.45, 2.75) is 11.8 Å². The van der Waals surface area contributed by atoms with Gasteiger partial charge in [-0.25, -0.2) is 0 Å². The van der Waals surface area contributed by atoms with Crippen LogP contribution in [0.5, 0.6) is 0 Å². The van der Waals surface area contributed by atoms with Gasteiger partial charge in [0.05, 0.1) is 21.4 Å². The molecule has 0 spiro atoms. The Morgan fingerprint density at radius 1 is 1.28 bits per heavy atom. The first-order valence-electron chi connectivity index (χ1n) is 5.29. The Balaban J connectivity index is 2.10. The average molecular weight is 343 g/mol. The zero-order valence-corrected chi connectivity index (χ0v) is 12.9. The largest absolute Gasteiger partial charge is 0.292 e. The fourth-order valence-electron chi connectivity index (χ4n) is 1.45. The molecule has 1 heterocycles. The maximum Gasteiger partial charge on any atom is 0.186 e. The topological polar surface area (TPSA) is 34.1 Å². The number of Topliss-reactive ketones (excluding diaryl/α,β-unsaturated/α-hetero) is 1. The van der Waals surface area contributed by atoms with E-state index in [1.807, 2.05) is 42.6 Å². The lowest BCUT2D eigenvalue weighted by Gasteiger charge is -2.02. The van der Waals surface area contributed by atoms with Crippen LogP contribution < -0.4 is 0 Å². The maximum atomic E-state index is 12.1. The van der Waals surface area contributed by atoms with E-state index in [1.165, 1.54) is 11.3 Å². The quantitative estimate of drug-likeness (QED) is 0.791. The highest BCUT2D eigenvalue weighted by molar-refractivity contribution is 9.10. The van der Waals surface area contributed by atoms with Gasteiger partial charge in [-0.05, 0) is 46.4 Å². The molecule has 0 saturated heterocycles. The third-order valence-corrected chi connectivity index (χ3v) is 5.62. The molecule has 0 aliphatic rings. The Morgan fingerprint density at radius 2 is 1.94 bits per heavy atom. The summed E-state index contributed by atoms with van der Waals surface area (Å²) in [5, 5.41) is 1.84. The Bertz CT molecular complexity index is 587. The lowest BCUT2D eigenvalue weighted by molar-refractivity contribution is 0.102. The van der Waals surface area contributed by atoms with Crippen molar-refractivity contribution in [3.05, 3.63) is 50.6 Å². The third-order valence-electron chi connectivity index (χ3n) is 2.42. The molecular formula is C13H11BrO2S2. The normalized spacial score (nSPS) is 12.3. The number of hydrogen-bond donors (Lipinski definition) is 0. The first-order chi connectivity index (χ1) is 8.58. The Labute approximate surface area is 121 Å². The minimum Gasteiger partial charge on any atom is -0.292 e. The van der Waals surface area contributed by atoms with Crippen molar-refractivity contribution in [2.24, 2.45) is 0 Å². The second-order valence-electron chi connectivity index (χ2n) is 3.82. The van der Waals surface area contributed by atoms with Crippen LogP contribution in [0, 0.1) is 6.92 Å². The van der Waals surface area contributed by atoms with E-state index in [1.54, 1.807) is 0 Å². The lowest BCUT2D eigenvalue weighted by atomic mass is 10.2. The van der Waals surface area contributed by atoms with Gasteiger partial charge in [0.2, 0.25) is 0 Å². The van der Waals surface area contributed by atoms with E-state index in [4.69, 9.17) is 0 Å². The van der Waals surface area contributed by atoms with Gasteiger partial charge >= 0.3 is 0 Å². The van der Waals surface area contributed by atoms with E-state index in [-0.39, 0.29) is 11.5 Å². The zero-order valence-electron chi connectivity index (χ0n) is 9.68. The van der Waals surface area contributed by atoms with E-state index in [9.17, 15) is 9.00 Å². The van der Waals surface area contributed by atoms with Crippen LogP contribution in [0.4, 0.5) is 0 Å². The van der Waals surface area contributed by atoms with Gasteiger partial charge in [0.15, 0.2) is 5.78 Å². The number of halogens is 1. The average Bonchev–Trinajstić information content (AvgIpc) is 2.76. The highest BCUT2D eigenvalue weighted by Gasteiger charge is 2.15. The molecule has 5 heteroatoms. The van der Waals surface area contributed by atoms with E-state index in [0.717, 1.165) is 10.0 Å². The van der Waals surface area contributed by atoms with E-state index in [2.05, 4.69) is 15.9 Å². The fraction of sp³-hybridized carbons (Fsp3) is 0.154. The third kappa shape index (κ3) is 3.16. The molecule has 1 atom stereocenters. The van der Waals surface area contributed by atoms with Gasteiger partial charge in [-0.2, -0.15) is 0 Å². The van der Waals surface area contributed by atoms with Crippen LogP contribution >= 0.6 is 27.3 Å². The van der Waals surface area contributed by atoms with Crippen LogP contribution in [0.2, 0.25) is 0 Å². The van der Waals surface area contributed by atoms with E-state index >= 15 is 0 Å². The van der Waals surface area contributed by atoms with Gasteiger partial charge < -0.3 is 0 Å². The summed E-state index contributed by atoms with van der Waals surface area (Å²) < 4.78 is 12.8. The molecule has 94 valence electrons. The molecule has 0 radical (unpaired) electrons. The van der Waals surface area contributed by atoms with Gasteiger partial charge in [0, 0.05) is 9.37 Å². The number of aryl methyl sites for hydroxylation is 1. The van der Waals surface area contributed by atoms with Crippen LogP contribution in [0.1, 0.15) is 15.2 Å². The molecule has 1 aromatic heterocycles. The summed E-state index contributed by atoms with van der Waals surface area (Å²) in [6, 6.07) is 9.24. The summed E-state index contributed by atoms with van der Waals surface area (Å²) in [6.45, 7) is 1.97. The molecule has 0 aliphatic heterocycles. The standard InChI is InChI=1S/C13H11BrO2S2/c1-9-2-4-10(5-3-9)18(16)8-12(15)13-11(14)6-7-17-13/h2-7H,8H2,1H3. The van der Waals surface area contributed by atoms with Crippen molar-refractivity contribution in [1.29, 1.82) is 0 Å². The van der Waals surface area contributed by atoms with Crippen LogP contribution in [0.3, 0.4) is 0 Å². The number of benzene rings is 1. The molecule has 0 saturated carbocycles. The maximum absolute atomic E-state index is 12.1. The van der Waals surface area contributed by atoms with Crippen molar-refractivity contribution >= 4 is 43.8 Å². The van der Waals surface area contributed by atoms with Crippen LogP contribution in [-0.2, 0) is 10.8 Å². The summed E-state index contributed by atoms with van der Waals surface area (Å²) in [5.41, 5.74) is 1.11. The minimum atomic E-state index is -1.28. The summed E-state index contributed by atoms with van der Waals surface area (Å²) in [5.74, 6) is -0.0573. The molecule has 2 aromatic rings. The molecular weight excluding hydrogens is 332 g/mol. The second-order valence-corrected chi connectivity index (χ2v) is 7.05. The van der Waals surface area contributed by atoms with Crippen molar-refractivity contribution in [3.8, 4) is 0 Å². The molecule has 1 aromatic carbocycles. The highest BCUT2D eigenvalue weighted by atomic mass is 79.9. The predicted octanol–water partition coefficient (Wildman–Crippen LogP) is 3.81. The Hall–Kier alpha value is -0.780. The van der Waals surface area contributed by atoms with Gasteiger partial charge in [-0.1, -0.05) is 17.7 Å². The number of ketones is 1. The Kier molecular flexibility index (Phi) is 4.48. The second kappa shape index (κ2) is 5.91. The van der Waals surface area contributed by atoms with Crippen LogP contribution in [0.15, 0.2) is 45.1 Å². The van der Waals surface area contributed by atoms with Crippen molar-refractivity contribution < 1.29 is 9.00 Å². The number of carbonyl (C=O) groups is 1. The molecule has 0 amide bonds. The number of rotatable bonds is 4. The smallest absolute Gasteiger partial charge is 0.186 e. The van der Waals surface area contributed by atoms with E-state index in [0.29, 0.717) is 9.77 Å². The number of carbonyl (C=O) groups excluding carboxylic acids is 1. The molecule has 2 nitrogen and oxygen atoms in total. The van der Waals surface area contributed by atoms with Crippen molar-refractivity contribution in [2.75, 3.05) is 5.75 Å². The number of thiophene rings is 1. The molecule has 1 unspecified atom stereocenters. The molecule has 0 aliphatic carbocycles. The van der Waals surface area contributed by atoms with Gasteiger partial charge in [-0.3, -0.25) is 9.00 Å². The molecule has 18 heavy (non-hydrogen) atoms. The van der Waals surface area contributed by atoms with Gasteiger partial charge in [0.25, 0.3) is 0 Å². The first-order valence-corrected chi connectivity index (χ1v) is 8.28. The highest BCUT2D eigenvalue weighted by Crippen LogP contribution is 2.23. The fourth-order valence-corrected chi connectivity index (χ4v) is 4.06. The number of hydrogen-bond acceptors (Lipinski definition) is 3. The zero-order chi connectivity index (χ0) is 13.1. The molecule has 0 bridgehead atoms. The summed E-state index contributed by atoms with van der Waals surface area (Å²) >= 11 is 4.68. The van der Waals surface area contributed by atoms with E-state index < -0.39 is 10.8 Å². The summed E-state index contributed by atoms with van der Waals surface area (Å²) in [6.07, 6.45) is 0. The minimum absolute atomic E-state index is 0.0299. The van der Waals surface area contributed by atoms with Gasteiger partial charge in [0.1, 0.15) is 0 Å². The molecule has 2 rings (SSSR count). The summed E-state index contributed by atoms with van der Waals surface area (Å²) in [7, 11) is -1.28. The first kappa shape index (κ1) is 13.6.